The van der Waals surface area contributed by atoms with Crippen molar-refractivity contribution in [2.24, 2.45) is 22.7 Å². The molecule has 1 saturated carbocycles. The Morgan fingerprint density at radius 1 is 0.980 bits per heavy atom. The van der Waals surface area contributed by atoms with E-state index in [1.807, 2.05) is 48.5 Å². The molecule has 0 aromatic heterocycles. The molecule has 0 aromatic carbocycles. The number of amides is 6. The Morgan fingerprint density at radius 2 is 1.64 bits per heavy atom. The van der Waals surface area contributed by atoms with E-state index in [1.165, 1.54) is 6.08 Å². The molecule has 1 aliphatic carbocycles. The van der Waals surface area contributed by atoms with E-state index in [0.29, 0.717) is 25.9 Å². The van der Waals surface area contributed by atoms with Crippen LogP contribution in [-0.4, -0.2) is 90.9 Å². The molecule has 50 heavy (non-hydrogen) atoms. The van der Waals surface area contributed by atoms with Crippen molar-refractivity contribution in [1.29, 1.82) is 0 Å². The third kappa shape index (κ3) is 12.0. The molecule has 5 atom stereocenters. The third-order valence-corrected chi connectivity index (χ3v) is 10.2. The van der Waals surface area contributed by atoms with Crippen molar-refractivity contribution < 1.29 is 33.5 Å². The van der Waals surface area contributed by atoms with Crippen LogP contribution < -0.4 is 26.6 Å². The van der Waals surface area contributed by atoms with Gasteiger partial charge in [0.15, 0.2) is 0 Å². The smallest absolute Gasteiger partial charge is 0.407 e. The predicted octanol–water partition coefficient (Wildman–Crippen LogP) is 4.20. The molecular weight excluding hydrogens is 640 g/mol. The molecule has 1 aliphatic heterocycles. The lowest BCUT2D eigenvalue weighted by Gasteiger charge is -2.43. The molecule has 2 fully saturated rings. The topological polar surface area (TPSA) is 175 Å². The number of carbonyl (C=O) groups is 6. The second-order valence-corrected chi connectivity index (χ2v) is 15.6. The standard InChI is InChI=1S/C37H64N6O7/c1-10-13-17-26(29(44)32(46)39-21-11-2)40-31(45)28-25(24(4)5)18-22-43(28)33(47)30(37(9)19-15-14-16-20-37)42-34(48)41-27(36(6,7)8)23-50-35(49)38-12-3/h11,24-28,30H,2,10,12-23H2,1,3-9H3,(H,38,49)(H,39,46)(H,40,45)(H2,41,42,48)/t25-,26?,27-,28?,30-/m1/s1. The fourth-order valence-corrected chi connectivity index (χ4v) is 6.98. The summed E-state index contributed by atoms with van der Waals surface area (Å²) in [4.78, 5) is 82.0. The van der Waals surface area contributed by atoms with E-state index in [4.69, 9.17) is 4.74 Å². The Bertz CT molecular complexity index is 1190. The average molecular weight is 705 g/mol. The number of likely N-dealkylation sites (tertiary alicyclic amines) is 1. The maximum atomic E-state index is 14.7. The summed E-state index contributed by atoms with van der Waals surface area (Å²) in [6.07, 6.45) is 7.42. The molecule has 13 nitrogen and oxygen atoms in total. The number of unbranched alkanes of at least 4 members (excludes halogenated alkanes) is 1. The van der Waals surface area contributed by atoms with E-state index in [1.54, 1.807) is 11.8 Å². The first kappa shape index (κ1) is 42.5. The number of Topliss-reactive ketones (excluding diaryl/α,β-unsaturated/α-hetero) is 1. The molecule has 284 valence electrons. The number of urea groups is 1. The van der Waals surface area contributed by atoms with Crippen LogP contribution in [0.1, 0.15) is 113 Å². The summed E-state index contributed by atoms with van der Waals surface area (Å²) in [6, 6.07) is -3.98. The van der Waals surface area contributed by atoms with Gasteiger partial charge in [-0.1, -0.05) is 86.6 Å². The number of nitrogens with zero attached hydrogens (tertiary/aromatic N) is 1. The maximum absolute atomic E-state index is 14.7. The molecule has 2 aliphatic rings. The molecular formula is C37H64N6O7. The number of alkyl carbamates (subject to hydrolysis) is 1. The summed E-state index contributed by atoms with van der Waals surface area (Å²) >= 11 is 0. The number of carbonyl (C=O) groups excluding carboxylic acids is 6. The van der Waals surface area contributed by atoms with Gasteiger partial charge in [-0.3, -0.25) is 19.2 Å². The van der Waals surface area contributed by atoms with Gasteiger partial charge in [0.1, 0.15) is 18.7 Å². The van der Waals surface area contributed by atoms with E-state index in [9.17, 15) is 28.8 Å². The quantitative estimate of drug-likeness (QED) is 0.111. The lowest BCUT2D eigenvalue weighted by atomic mass is 9.70. The molecule has 0 aromatic rings. The normalized spacial score (nSPS) is 20.5. The average Bonchev–Trinajstić information content (AvgIpc) is 3.51. The summed E-state index contributed by atoms with van der Waals surface area (Å²) < 4.78 is 5.36. The van der Waals surface area contributed by atoms with Crippen LogP contribution in [0.25, 0.3) is 0 Å². The van der Waals surface area contributed by atoms with E-state index < -0.39 is 64.7 Å². The lowest BCUT2D eigenvalue weighted by Crippen LogP contribution is -2.63. The molecule has 0 spiro atoms. The van der Waals surface area contributed by atoms with Crippen molar-refractivity contribution in [1.82, 2.24) is 31.5 Å². The Morgan fingerprint density at radius 3 is 2.20 bits per heavy atom. The Labute approximate surface area is 299 Å². The van der Waals surface area contributed by atoms with Gasteiger partial charge in [0, 0.05) is 19.6 Å². The fourth-order valence-electron chi connectivity index (χ4n) is 6.98. The fraction of sp³-hybridized carbons (Fsp3) is 0.784. The zero-order chi connectivity index (χ0) is 37.6. The van der Waals surface area contributed by atoms with Crippen LogP contribution in [0.4, 0.5) is 9.59 Å². The highest BCUT2D eigenvalue weighted by Gasteiger charge is 2.50. The van der Waals surface area contributed by atoms with Gasteiger partial charge in [-0.2, -0.15) is 0 Å². The first-order valence-electron chi connectivity index (χ1n) is 18.5. The number of ether oxygens (including phenoxy) is 1. The first-order chi connectivity index (χ1) is 23.5. The van der Waals surface area contributed by atoms with Crippen molar-refractivity contribution in [3.63, 3.8) is 0 Å². The van der Waals surface area contributed by atoms with Gasteiger partial charge in [0.25, 0.3) is 5.91 Å². The van der Waals surface area contributed by atoms with Gasteiger partial charge in [0.05, 0.1) is 12.1 Å². The van der Waals surface area contributed by atoms with Crippen LogP contribution >= 0.6 is 0 Å². The Balaban J connectivity index is 2.41. The summed E-state index contributed by atoms with van der Waals surface area (Å²) in [7, 11) is 0. The number of rotatable bonds is 17. The lowest BCUT2D eigenvalue weighted by molar-refractivity contribution is -0.145. The van der Waals surface area contributed by atoms with Crippen LogP contribution in [0.5, 0.6) is 0 Å². The highest BCUT2D eigenvalue weighted by atomic mass is 16.5. The third-order valence-electron chi connectivity index (χ3n) is 10.2. The highest BCUT2D eigenvalue weighted by Crippen LogP contribution is 2.41. The summed E-state index contributed by atoms with van der Waals surface area (Å²) in [5.41, 5.74) is -1.05. The number of hydrogen-bond acceptors (Lipinski definition) is 7. The molecule has 1 heterocycles. The van der Waals surface area contributed by atoms with E-state index in [-0.39, 0.29) is 37.3 Å². The van der Waals surface area contributed by atoms with Gasteiger partial charge in [-0.05, 0) is 55.3 Å². The van der Waals surface area contributed by atoms with Crippen molar-refractivity contribution >= 4 is 35.6 Å². The molecule has 2 rings (SSSR count). The minimum Gasteiger partial charge on any atom is -0.447 e. The monoisotopic (exact) mass is 704 g/mol. The number of ketones is 1. The van der Waals surface area contributed by atoms with Gasteiger partial charge >= 0.3 is 12.1 Å². The second-order valence-electron chi connectivity index (χ2n) is 15.6. The van der Waals surface area contributed by atoms with Crippen molar-refractivity contribution in [3.8, 4) is 0 Å². The molecule has 0 radical (unpaired) electrons. The van der Waals surface area contributed by atoms with Crippen LogP contribution in [0.3, 0.4) is 0 Å². The highest BCUT2D eigenvalue weighted by molar-refractivity contribution is 6.38. The number of hydrogen-bond donors (Lipinski definition) is 5. The van der Waals surface area contributed by atoms with Crippen molar-refractivity contribution in [2.75, 3.05) is 26.2 Å². The van der Waals surface area contributed by atoms with Crippen molar-refractivity contribution in [3.05, 3.63) is 12.7 Å². The summed E-state index contributed by atoms with van der Waals surface area (Å²) in [6.45, 7) is 19.9. The zero-order valence-electron chi connectivity index (χ0n) is 31.7. The van der Waals surface area contributed by atoms with Crippen LogP contribution in [-0.2, 0) is 23.9 Å². The van der Waals surface area contributed by atoms with Crippen LogP contribution in [0.15, 0.2) is 12.7 Å². The largest absolute Gasteiger partial charge is 0.447 e. The minimum absolute atomic E-state index is 0.0432. The van der Waals surface area contributed by atoms with Gasteiger partial charge in [-0.15, -0.1) is 6.58 Å². The Hall–Kier alpha value is -3.64. The van der Waals surface area contributed by atoms with Gasteiger partial charge in [0.2, 0.25) is 17.6 Å². The first-order valence-corrected chi connectivity index (χ1v) is 18.5. The predicted molar refractivity (Wildman–Crippen MR) is 193 cm³/mol. The van der Waals surface area contributed by atoms with Crippen LogP contribution in [0, 0.1) is 22.7 Å². The molecule has 0 bridgehead atoms. The zero-order valence-corrected chi connectivity index (χ0v) is 31.7. The molecule has 13 heteroatoms. The van der Waals surface area contributed by atoms with Gasteiger partial charge < -0.3 is 36.2 Å². The van der Waals surface area contributed by atoms with E-state index in [0.717, 1.165) is 38.5 Å². The van der Waals surface area contributed by atoms with E-state index >= 15 is 0 Å². The Kier molecular flexibility index (Phi) is 16.7. The number of nitrogens with one attached hydrogen (secondary N) is 5. The summed E-state index contributed by atoms with van der Waals surface area (Å²) in [5.74, 6) is -2.51. The minimum atomic E-state index is -1.04. The van der Waals surface area contributed by atoms with E-state index in [2.05, 4.69) is 33.2 Å². The SMILES string of the molecule is C=CCNC(=O)C(=O)C(CCCC)NC(=O)C1[C@@H](C(C)C)CCN1C(=O)[C@@H](NC(=O)N[C@H](COC(=O)NCC)C(C)(C)C)C1(C)CCCCC1. The second kappa shape index (κ2) is 19.7. The summed E-state index contributed by atoms with van der Waals surface area (Å²) in [5, 5.41) is 13.9. The molecule has 5 N–H and O–H groups in total. The molecule has 2 unspecified atom stereocenters. The molecule has 1 saturated heterocycles. The maximum Gasteiger partial charge on any atom is 0.407 e. The molecule has 6 amide bonds. The van der Waals surface area contributed by atoms with Crippen LogP contribution in [0.2, 0.25) is 0 Å². The van der Waals surface area contributed by atoms with Crippen molar-refractivity contribution in [2.45, 2.75) is 137 Å². The van der Waals surface area contributed by atoms with Gasteiger partial charge in [-0.25, -0.2) is 9.59 Å².